The molecule has 1 aliphatic rings. The van der Waals surface area contributed by atoms with E-state index in [1.807, 2.05) is 38.1 Å². The van der Waals surface area contributed by atoms with Crippen molar-refractivity contribution in [2.45, 2.75) is 13.8 Å². The van der Waals surface area contributed by atoms with E-state index in [1.165, 1.54) is 0 Å². The van der Waals surface area contributed by atoms with Crippen LogP contribution < -0.4 is 10.1 Å². The maximum atomic E-state index is 12.8. The second kappa shape index (κ2) is 9.69. The molecule has 0 saturated carbocycles. The number of hydrogen-bond donors (Lipinski definition) is 1. The number of halogens is 2. The van der Waals surface area contributed by atoms with Gasteiger partial charge in [0.15, 0.2) is 0 Å². The van der Waals surface area contributed by atoms with Gasteiger partial charge in [0, 0.05) is 14.8 Å². The summed E-state index contributed by atoms with van der Waals surface area (Å²) in [4.78, 5) is 38.8. The highest BCUT2D eigenvalue weighted by atomic mass is 127. The van der Waals surface area contributed by atoms with E-state index < -0.39 is 17.1 Å². The summed E-state index contributed by atoms with van der Waals surface area (Å²) in [6, 6.07) is 9.39. The van der Waals surface area contributed by atoms with Crippen molar-refractivity contribution in [3.05, 3.63) is 59.1 Å². The highest BCUT2D eigenvalue weighted by molar-refractivity contribution is 14.1. The van der Waals surface area contributed by atoms with Gasteiger partial charge in [0.2, 0.25) is 5.91 Å². The Balaban J connectivity index is 1.77. The quantitative estimate of drug-likeness (QED) is 0.357. The Labute approximate surface area is 206 Å². The van der Waals surface area contributed by atoms with Crippen LogP contribution in [0.15, 0.2) is 35.2 Å². The number of rotatable bonds is 5. The van der Waals surface area contributed by atoms with Gasteiger partial charge in [-0.15, -0.1) is 0 Å². The summed E-state index contributed by atoms with van der Waals surface area (Å²) in [7, 11) is 1.56. The smallest absolute Gasteiger partial charge is 0.294 e. The molecule has 0 aliphatic carbocycles. The van der Waals surface area contributed by atoms with Gasteiger partial charge in [0.25, 0.3) is 11.1 Å². The number of nitrogens with one attached hydrogen (secondary N) is 1. The third kappa shape index (κ3) is 5.17. The van der Waals surface area contributed by atoms with Gasteiger partial charge < -0.3 is 10.1 Å². The summed E-state index contributed by atoms with van der Waals surface area (Å²) in [5.74, 6) is -0.283. The Morgan fingerprint density at radius 2 is 1.90 bits per heavy atom. The SMILES string of the molecule is COc1c(I)cc(I)cc1/C=C1/SC(=O)N(CC(=O)Nc2ccc(C)c(C)c2)C1=O. The maximum Gasteiger partial charge on any atom is 0.294 e. The first-order valence-electron chi connectivity index (χ1n) is 8.85. The predicted molar refractivity (Wildman–Crippen MR) is 136 cm³/mol. The Morgan fingerprint density at radius 1 is 1.17 bits per heavy atom. The van der Waals surface area contributed by atoms with Gasteiger partial charge in [0.1, 0.15) is 12.3 Å². The minimum atomic E-state index is -0.490. The zero-order chi connectivity index (χ0) is 22.0. The largest absolute Gasteiger partial charge is 0.495 e. The number of aryl methyl sites for hydroxylation is 2. The molecule has 0 radical (unpaired) electrons. The fourth-order valence-corrected chi connectivity index (χ4v) is 5.78. The second-order valence-corrected chi connectivity index (χ2v) is 10.0. The van der Waals surface area contributed by atoms with Crippen molar-refractivity contribution in [1.29, 1.82) is 0 Å². The monoisotopic (exact) mass is 648 g/mol. The Hall–Kier alpha value is -1.60. The summed E-state index contributed by atoms with van der Waals surface area (Å²) in [5.41, 5.74) is 3.50. The first-order valence-corrected chi connectivity index (χ1v) is 11.8. The molecule has 156 valence electrons. The summed E-state index contributed by atoms with van der Waals surface area (Å²) in [5, 5.41) is 2.27. The van der Waals surface area contributed by atoms with Crippen LogP contribution >= 0.6 is 56.9 Å². The van der Waals surface area contributed by atoms with Crippen LogP contribution in [-0.4, -0.2) is 35.6 Å². The van der Waals surface area contributed by atoms with E-state index in [0.29, 0.717) is 17.0 Å². The Bertz CT molecular complexity index is 1080. The molecule has 0 bridgehead atoms. The maximum absolute atomic E-state index is 12.8. The van der Waals surface area contributed by atoms with Crippen molar-refractivity contribution >= 4 is 85.8 Å². The number of thioether (sulfide) groups is 1. The lowest BCUT2D eigenvalue weighted by atomic mass is 10.1. The number of carbonyl (C=O) groups is 3. The topological polar surface area (TPSA) is 75.7 Å². The van der Waals surface area contributed by atoms with Gasteiger partial charge in [-0.05, 0) is 112 Å². The minimum Gasteiger partial charge on any atom is -0.495 e. The molecular formula is C21H18I2N2O4S. The van der Waals surface area contributed by atoms with E-state index in [1.54, 1.807) is 19.3 Å². The van der Waals surface area contributed by atoms with Gasteiger partial charge in [-0.3, -0.25) is 19.3 Å². The molecular weight excluding hydrogens is 630 g/mol. The molecule has 1 aliphatic heterocycles. The standard InChI is InChI=1S/C21H18I2N2O4S/c1-11-4-5-15(6-12(11)2)24-18(26)10-25-20(27)17(30-21(25)28)8-13-7-14(22)9-16(23)19(13)29-3/h4-9H,10H2,1-3H3,(H,24,26)/b17-8+. The molecule has 2 aromatic rings. The number of methoxy groups -OCH3 is 1. The number of nitrogens with zero attached hydrogens (tertiary/aromatic N) is 1. The highest BCUT2D eigenvalue weighted by Gasteiger charge is 2.36. The normalized spacial score (nSPS) is 15.1. The lowest BCUT2D eigenvalue weighted by Crippen LogP contribution is -2.36. The Kier molecular flexibility index (Phi) is 7.45. The summed E-state index contributed by atoms with van der Waals surface area (Å²) >= 11 is 5.16. The average Bonchev–Trinajstić information content (AvgIpc) is 2.92. The van der Waals surface area contributed by atoms with Gasteiger partial charge in [-0.25, -0.2) is 0 Å². The molecule has 9 heteroatoms. The van der Waals surface area contributed by atoms with E-state index >= 15 is 0 Å². The lowest BCUT2D eigenvalue weighted by molar-refractivity contribution is -0.127. The first-order chi connectivity index (χ1) is 14.2. The van der Waals surface area contributed by atoms with Crippen LogP contribution in [-0.2, 0) is 9.59 Å². The van der Waals surface area contributed by atoms with Crippen molar-refractivity contribution in [3.8, 4) is 5.75 Å². The molecule has 30 heavy (non-hydrogen) atoms. The summed E-state index contributed by atoms with van der Waals surface area (Å²) in [6.07, 6.45) is 1.63. The molecule has 1 saturated heterocycles. The van der Waals surface area contributed by atoms with Gasteiger partial charge in [-0.1, -0.05) is 6.07 Å². The average molecular weight is 648 g/mol. The fourth-order valence-electron chi connectivity index (χ4n) is 2.84. The van der Waals surface area contributed by atoms with Crippen molar-refractivity contribution < 1.29 is 19.1 Å². The van der Waals surface area contributed by atoms with Crippen LogP contribution in [0.25, 0.3) is 6.08 Å². The van der Waals surface area contributed by atoms with Crippen molar-refractivity contribution in [3.63, 3.8) is 0 Å². The van der Waals surface area contributed by atoms with E-state index in [4.69, 9.17) is 4.74 Å². The lowest BCUT2D eigenvalue weighted by Gasteiger charge is -2.13. The molecule has 0 aromatic heterocycles. The number of ether oxygens (including phenoxy) is 1. The van der Waals surface area contributed by atoms with Crippen LogP contribution in [0.3, 0.4) is 0 Å². The molecule has 3 rings (SSSR count). The summed E-state index contributed by atoms with van der Waals surface area (Å²) < 4.78 is 7.33. The number of carbonyl (C=O) groups excluding carboxylic acids is 3. The molecule has 1 heterocycles. The van der Waals surface area contributed by atoms with E-state index in [9.17, 15) is 14.4 Å². The van der Waals surface area contributed by atoms with Gasteiger partial charge in [0.05, 0.1) is 15.6 Å². The fraction of sp³-hybridized carbons (Fsp3) is 0.190. The molecule has 0 spiro atoms. The van der Waals surface area contributed by atoms with E-state index in [2.05, 4.69) is 50.5 Å². The molecule has 6 nitrogen and oxygen atoms in total. The van der Waals surface area contributed by atoms with Crippen LogP contribution in [0.5, 0.6) is 5.75 Å². The third-order valence-electron chi connectivity index (χ3n) is 4.49. The first kappa shape index (κ1) is 23.1. The Morgan fingerprint density at radius 3 is 2.57 bits per heavy atom. The second-order valence-electron chi connectivity index (χ2n) is 6.63. The molecule has 3 amide bonds. The molecule has 2 aromatic carbocycles. The number of benzene rings is 2. The van der Waals surface area contributed by atoms with Gasteiger partial charge >= 0.3 is 0 Å². The molecule has 0 atom stereocenters. The number of anilines is 1. The zero-order valence-electron chi connectivity index (χ0n) is 16.4. The minimum absolute atomic E-state index is 0.259. The van der Waals surface area contributed by atoms with Gasteiger partial charge in [-0.2, -0.15) is 0 Å². The van der Waals surface area contributed by atoms with E-state index in [-0.39, 0.29) is 11.4 Å². The molecule has 1 fully saturated rings. The predicted octanol–water partition coefficient (Wildman–Crippen LogP) is 5.20. The number of amides is 3. The molecule has 0 unspecified atom stereocenters. The summed E-state index contributed by atoms with van der Waals surface area (Å²) in [6.45, 7) is 3.60. The van der Waals surface area contributed by atoms with Crippen LogP contribution in [0.2, 0.25) is 0 Å². The zero-order valence-corrected chi connectivity index (χ0v) is 21.5. The van der Waals surface area contributed by atoms with E-state index in [0.717, 1.165) is 34.9 Å². The van der Waals surface area contributed by atoms with Crippen molar-refractivity contribution in [2.24, 2.45) is 0 Å². The number of hydrogen-bond acceptors (Lipinski definition) is 5. The molecule has 1 N–H and O–H groups in total. The van der Waals surface area contributed by atoms with Crippen LogP contribution in [0.4, 0.5) is 10.5 Å². The number of imide groups is 1. The van der Waals surface area contributed by atoms with Crippen LogP contribution in [0.1, 0.15) is 16.7 Å². The van der Waals surface area contributed by atoms with Crippen molar-refractivity contribution in [2.75, 3.05) is 19.0 Å². The highest BCUT2D eigenvalue weighted by Crippen LogP contribution is 2.36. The van der Waals surface area contributed by atoms with Crippen molar-refractivity contribution in [1.82, 2.24) is 4.90 Å². The van der Waals surface area contributed by atoms with Crippen LogP contribution in [0, 0.1) is 21.0 Å². The third-order valence-corrected chi connectivity index (χ3v) is 6.83.